The van der Waals surface area contributed by atoms with E-state index in [4.69, 9.17) is 9.47 Å². The lowest BCUT2D eigenvalue weighted by Gasteiger charge is -2.25. The predicted octanol–water partition coefficient (Wildman–Crippen LogP) is 0.890. The van der Waals surface area contributed by atoms with Crippen LogP contribution >= 0.6 is 0 Å². The van der Waals surface area contributed by atoms with E-state index >= 15 is 0 Å². The number of ether oxygens (including phenoxy) is 2. The first kappa shape index (κ1) is 8.56. The second-order valence-corrected chi connectivity index (χ2v) is 2.98. The van der Waals surface area contributed by atoms with E-state index in [1.54, 1.807) is 12.3 Å². The van der Waals surface area contributed by atoms with Crippen LogP contribution in [-0.4, -0.2) is 24.1 Å². The third-order valence-electron chi connectivity index (χ3n) is 1.71. The molecule has 0 aromatic rings. The van der Waals surface area contributed by atoms with Gasteiger partial charge in [0, 0.05) is 0 Å². The van der Waals surface area contributed by atoms with Crippen molar-refractivity contribution >= 4 is 0 Å². The van der Waals surface area contributed by atoms with Crippen molar-refractivity contribution in [1.82, 2.24) is 0 Å². The second-order valence-electron chi connectivity index (χ2n) is 2.98. The van der Waals surface area contributed by atoms with E-state index in [1.807, 2.05) is 13.8 Å². The summed E-state index contributed by atoms with van der Waals surface area (Å²) < 4.78 is 9.96. The van der Waals surface area contributed by atoms with Gasteiger partial charge in [0.25, 0.3) is 0 Å². The zero-order valence-electron chi connectivity index (χ0n) is 6.86. The van der Waals surface area contributed by atoms with Crippen molar-refractivity contribution in [2.75, 3.05) is 6.79 Å². The number of rotatable bonds is 2. The fraction of sp³-hybridized carbons (Fsp3) is 0.750. The summed E-state index contributed by atoms with van der Waals surface area (Å²) in [6.07, 6.45) is 2.66. The molecule has 0 amide bonds. The Labute approximate surface area is 66.6 Å². The van der Waals surface area contributed by atoms with E-state index in [2.05, 4.69) is 0 Å². The zero-order chi connectivity index (χ0) is 8.27. The first-order chi connectivity index (χ1) is 5.22. The molecule has 1 rings (SSSR count). The topological polar surface area (TPSA) is 38.7 Å². The Bertz CT molecular complexity index is 142. The van der Waals surface area contributed by atoms with Crippen LogP contribution in [0.4, 0.5) is 0 Å². The number of aliphatic hydroxyl groups excluding tert-OH is 1. The van der Waals surface area contributed by atoms with E-state index < -0.39 is 6.10 Å². The van der Waals surface area contributed by atoms with Gasteiger partial charge in [-0.15, -0.1) is 0 Å². The van der Waals surface area contributed by atoms with E-state index in [0.717, 1.165) is 0 Å². The highest BCUT2D eigenvalue weighted by atomic mass is 16.7. The van der Waals surface area contributed by atoms with Crippen molar-refractivity contribution in [3.8, 4) is 0 Å². The first-order valence-corrected chi connectivity index (χ1v) is 3.79. The molecule has 1 N–H and O–H groups in total. The van der Waals surface area contributed by atoms with E-state index in [1.165, 1.54) is 0 Å². The SMILES string of the molecule is CC(C)[C@H](O)[C@@H]1C=COCO1. The molecule has 0 fully saturated rings. The molecule has 0 bridgehead atoms. The summed E-state index contributed by atoms with van der Waals surface area (Å²) in [6.45, 7) is 4.15. The van der Waals surface area contributed by atoms with Gasteiger partial charge in [-0.1, -0.05) is 13.8 Å². The van der Waals surface area contributed by atoms with Crippen LogP contribution in [0.2, 0.25) is 0 Å². The molecule has 0 saturated carbocycles. The Morgan fingerprint density at radius 3 is 2.73 bits per heavy atom. The van der Waals surface area contributed by atoms with Crippen molar-refractivity contribution in [1.29, 1.82) is 0 Å². The van der Waals surface area contributed by atoms with Gasteiger partial charge in [0.15, 0.2) is 6.79 Å². The Balaban J connectivity index is 2.45. The lowest BCUT2D eigenvalue weighted by atomic mass is 10.0. The molecule has 1 aliphatic heterocycles. The standard InChI is InChI=1S/C8H14O3/c1-6(2)8(9)7-3-4-10-5-11-7/h3-4,6-9H,5H2,1-2H3/t7-,8-/m0/s1. The van der Waals surface area contributed by atoms with Crippen molar-refractivity contribution < 1.29 is 14.6 Å². The van der Waals surface area contributed by atoms with Gasteiger partial charge in [0.05, 0.1) is 12.4 Å². The van der Waals surface area contributed by atoms with Gasteiger partial charge in [-0.25, -0.2) is 0 Å². The lowest BCUT2D eigenvalue weighted by molar-refractivity contribution is -0.107. The quantitative estimate of drug-likeness (QED) is 0.648. The van der Waals surface area contributed by atoms with Gasteiger partial charge in [-0.05, 0) is 12.0 Å². The third kappa shape index (κ3) is 2.20. The van der Waals surface area contributed by atoms with Crippen molar-refractivity contribution in [3.05, 3.63) is 12.3 Å². The Morgan fingerprint density at radius 2 is 2.27 bits per heavy atom. The highest BCUT2D eigenvalue weighted by Gasteiger charge is 2.22. The highest BCUT2D eigenvalue weighted by Crippen LogP contribution is 2.13. The van der Waals surface area contributed by atoms with Crippen molar-refractivity contribution in [3.63, 3.8) is 0 Å². The fourth-order valence-corrected chi connectivity index (χ4v) is 0.937. The second kappa shape index (κ2) is 3.74. The van der Waals surface area contributed by atoms with Gasteiger partial charge in [0.2, 0.25) is 0 Å². The molecule has 0 radical (unpaired) electrons. The maximum atomic E-state index is 9.52. The van der Waals surface area contributed by atoms with Crippen LogP contribution in [0, 0.1) is 5.92 Å². The maximum Gasteiger partial charge on any atom is 0.188 e. The van der Waals surface area contributed by atoms with E-state index in [9.17, 15) is 5.11 Å². The molecule has 0 unspecified atom stereocenters. The molecule has 1 heterocycles. The molecule has 0 aromatic heterocycles. The van der Waals surface area contributed by atoms with Crippen LogP contribution in [0.1, 0.15) is 13.8 Å². The molecule has 3 nitrogen and oxygen atoms in total. The lowest BCUT2D eigenvalue weighted by Crippen LogP contribution is -2.33. The van der Waals surface area contributed by atoms with Gasteiger partial charge < -0.3 is 14.6 Å². The first-order valence-electron chi connectivity index (χ1n) is 3.79. The molecule has 0 aliphatic carbocycles. The Hall–Kier alpha value is -0.540. The van der Waals surface area contributed by atoms with Gasteiger partial charge >= 0.3 is 0 Å². The Morgan fingerprint density at radius 1 is 1.55 bits per heavy atom. The van der Waals surface area contributed by atoms with Crippen LogP contribution in [0.3, 0.4) is 0 Å². The van der Waals surface area contributed by atoms with E-state index in [0.29, 0.717) is 0 Å². The molecule has 11 heavy (non-hydrogen) atoms. The fourth-order valence-electron chi connectivity index (χ4n) is 0.937. The zero-order valence-corrected chi connectivity index (χ0v) is 6.86. The third-order valence-corrected chi connectivity index (χ3v) is 1.71. The number of hydrogen-bond donors (Lipinski definition) is 1. The number of hydrogen-bond acceptors (Lipinski definition) is 3. The molecule has 0 aromatic carbocycles. The highest BCUT2D eigenvalue weighted by molar-refractivity contribution is 4.92. The maximum absolute atomic E-state index is 9.52. The van der Waals surface area contributed by atoms with Crippen LogP contribution < -0.4 is 0 Å². The largest absolute Gasteiger partial charge is 0.475 e. The minimum Gasteiger partial charge on any atom is -0.475 e. The average molecular weight is 158 g/mol. The predicted molar refractivity (Wildman–Crippen MR) is 40.8 cm³/mol. The number of aliphatic hydroxyl groups is 1. The molecule has 64 valence electrons. The van der Waals surface area contributed by atoms with Crippen LogP contribution in [0.5, 0.6) is 0 Å². The molecular formula is C8H14O3. The monoisotopic (exact) mass is 158 g/mol. The average Bonchev–Trinajstić information content (AvgIpc) is 2.05. The molecule has 1 aliphatic rings. The van der Waals surface area contributed by atoms with Crippen LogP contribution in [-0.2, 0) is 9.47 Å². The molecule has 2 atom stereocenters. The van der Waals surface area contributed by atoms with E-state index in [-0.39, 0.29) is 18.8 Å². The summed E-state index contributed by atoms with van der Waals surface area (Å²) in [5.41, 5.74) is 0. The molecule has 3 heteroatoms. The normalized spacial score (nSPS) is 26.7. The summed E-state index contributed by atoms with van der Waals surface area (Å²) in [6, 6.07) is 0. The molecular weight excluding hydrogens is 144 g/mol. The van der Waals surface area contributed by atoms with Gasteiger partial charge in [-0.2, -0.15) is 0 Å². The van der Waals surface area contributed by atoms with Crippen molar-refractivity contribution in [2.24, 2.45) is 5.92 Å². The summed E-state index contributed by atoms with van der Waals surface area (Å²) in [5, 5.41) is 9.52. The van der Waals surface area contributed by atoms with Gasteiger partial charge in [-0.3, -0.25) is 0 Å². The summed E-state index contributed by atoms with van der Waals surface area (Å²) >= 11 is 0. The minimum absolute atomic E-state index is 0.205. The van der Waals surface area contributed by atoms with Gasteiger partial charge in [0.1, 0.15) is 6.10 Å². The summed E-state index contributed by atoms with van der Waals surface area (Å²) in [5.74, 6) is 0.211. The van der Waals surface area contributed by atoms with Crippen LogP contribution in [0.15, 0.2) is 12.3 Å². The van der Waals surface area contributed by atoms with Crippen molar-refractivity contribution in [2.45, 2.75) is 26.1 Å². The smallest absolute Gasteiger partial charge is 0.188 e. The Kier molecular flexibility index (Phi) is 2.91. The van der Waals surface area contributed by atoms with Crippen LogP contribution in [0.25, 0.3) is 0 Å². The molecule has 0 saturated heterocycles. The molecule has 0 spiro atoms. The minimum atomic E-state index is -0.435. The summed E-state index contributed by atoms with van der Waals surface area (Å²) in [7, 11) is 0. The summed E-state index contributed by atoms with van der Waals surface area (Å²) in [4.78, 5) is 0.